The molecule has 2 aromatic carbocycles. The second kappa shape index (κ2) is 15.1. The summed E-state index contributed by atoms with van der Waals surface area (Å²) in [4.78, 5) is 36.2. The van der Waals surface area contributed by atoms with Crippen molar-refractivity contribution in [1.82, 2.24) is 19.7 Å². The molecule has 4 aromatic rings. The standard InChI is InChI=1S/C33H33F3N6O2.C2H4O2/c1-23-28(30-14-16-39-41(30)26-12-10-24(22-37)11-13-26)21-29(31(43)38-15-3-4-17-42(2)18-5-6-19-42)32(44)40(23)27-9-7-8-25(20-27)33(34,35)36;1-2(3)4/h7-14,16,20-21H,3-6,15,17-19H2,1-2H3;1H3,(H,3,4). The number of nitrogens with zero attached hydrogens (tertiary/aromatic N) is 5. The van der Waals surface area contributed by atoms with Crippen molar-refractivity contribution in [3.8, 4) is 28.7 Å². The van der Waals surface area contributed by atoms with Crippen molar-refractivity contribution in [3.05, 3.63) is 99.6 Å². The molecule has 252 valence electrons. The van der Waals surface area contributed by atoms with Crippen LogP contribution in [0.1, 0.15) is 59.8 Å². The van der Waals surface area contributed by atoms with Crippen molar-refractivity contribution >= 4 is 11.9 Å². The number of pyridine rings is 1. The van der Waals surface area contributed by atoms with E-state index in [-0.39, 0.29) is 11.3 Å². The highest BCUT2D eigenvalue weighted by Crippen LogP contribution is 2.32. The fourth-order valence-corrected chi connectivity index (χ4v) is 5.89. The molecule has 1 fully saturated rings. The molecule has 0 unspecified atom stereocenters. The summed E-state index contributed by atoms with van der Waals surface area (Å²) >= 11 is 0. The zero-order chi connectivity index (χ0) is 35.1. The molecule has 48 heavy (non-hydrogen) atoms. The maximum Gasteiger partial charge on any atom is 0.416 e. The highest BCUT2D eigenvalue weighted by atomic mass is 19.4. The maximum atomic E-state index is 13.8. The van der Waals surface area contributed by atoms with Crippen LogP contribution in [0.15, 0.2) is 71.7 Å². The monoisotopic (exact) mass is 662 g/mol. The SMILES string of the molecule is CC(=O)[O-].Cc1c(-c2ccnn2-c2ccc(C#N)cc2)cc(C(=O)NCCCC[N+]2(C)CCCC2)c(=O)n1-c1cccc(C(F)(F)F)c1. The number of carboxylic acid groups (broad SMARTS) is 1. The van der Waals surface area contributed by atoms with Crippen LogP contribution in [-0.2, 0) is 11.0 Å². The Labute approximate surface area is 276 Å². The molecule has 13 heteroatoms. The number of hydrogen-bond donors (Lipinski definition) is 1. The molecule has 0 saturated carbocycles. The topological polar surface area (TPSA) is 133 Å². The first-order chi connectivity index (χ1) is 22.7. The lowest BCUT2D eigenvalue weighted by Gasteiger charge is -2.29. The van der Waals surface area contributed by atoms with Gasteiger partial charge in [-0.3, -0.25) is 14.2 Å². The minimum absolute atomic E-state index is 0.00904. The number of likely N-dealkylation sites (tertiary alicyclic amines) is 1. The van der Waals surface area contributed by atoms with Gasteiger partial charge in [-0.15, -0.1) is 0 Å². The lowest BCUT2D eigenvalue weighted by atomic mass is 10.0. The van der Waals surface area contributed by atoms with E-state index in [0.717, 1.165) is 60.6 Å². The predicted molar refractivity (Wildman–Crippen MR) is 171 cm³/mol. The van der Waals surface area contributed by atoms with Crippen molar-refractivity contribution in [2.24, 2.45) is 0 Å². The highest BCUT2D eigenvalue weighted by molar-refractivity contribution is 5.95. The van der Waals surface area contributed by atoms with Gasteiger partial charge in [0, 0.05) is 42.3 Å². The molecule has 1 saturated heterocycles. The van der Waals surface area contributed by atoms with Crippen molar-refractivity contribution in [2.45, 2.75) is 45.7 Å². The van der Waals surface area contributed by atoms with Crippen LogP contribution in [0.3, 0.4) is 0 Å². The second-order valence-corrected chi connectivity index (χ2v) is 12.0. The number of aromatic nitrogens is 3. The summed E-state index contributed by atoms with van der Waals surface area (Å²) in [6.45, 7) is 6.30. The van der Waals surface area contributed by atoms with Crippen molar-refractivity contribution < 1.29 is 32.3 Å². The van der Waals surface area contributed by atoms with Crippen LogP contribution in [-0.4, -0.2) is 63.9 Å². The number of unbranched alkanes of at least 4 members (excludes halogenated alkanes) is 1. The molecule has 0 spiro atoms. The molecule has 1 aliphatic rings. The molecule has 2 aromatic heterocycles. The summed E-state index contributed by atoms with van der Waals surface area (Å²) in [6, 6.07) is 16.4. The van der Waals surface area contributed by atoms with Gasteiger partial charge in [0.25, 0.3) is 11.5 Å². The van der Waals surface area contributed by atoms with Crippen molar-refractivity contribution in [1.29, 1.82) is 5.26 Å². The number of hydrogen-bond acceptors (Lipinski definition) is 6. The van der Waals surface area contributed by atoms with E-state index in [4.69, 9.17) is 9.90 Å². The number of carbonyl (C=O) groups excluding carboxylic acids is 2. The van der Waals surface area contributed by atoms with Crippen LogP contribution in [0.4, 0.5) is 13.2 Å². The number of benzene rings is 2. The van der Waals surface area contributed by atoms with E-state index in [0.29, 0.717) is 34.7 Å². The number of carboxylic acids is 1. The molecule has 0 aliphatic carbocycles. The lowest BCUT2D eigenvalue weighted by Crippen LogP contribution is -2.41. The first-order valence-corrected chi connectivity index (χ1v) is 15.5. The summed E-state index contributed by atoms with van der Waals surface area (Å²) in [7, 11) is 2.25. The zero-order valence-electron chi connectivity index (χ0n) is 27.0. The van der Waals surface area contributed by atoms with E-state index in [9.17, 15) is 28.0 Å². The van der Waals surface area contributed by atoms with E-state index in [1.807, 2.05) is 0 Å². The van der Waals surface area contributed by atoms with E-state index < -0.39 is 29.2 Å². The van der Waals surface area contributed by atoms with Gasteiger partial charge in [0.05, 0.1) is 61.5 Å². The van der Waals surface area contributed by atoms with Gasteiger partial charge >= 0.3 is 6.18 Å². The van der Waals surface area contributed by atoms with E-state index in [1.54, 1.807) is 48.1 Å². The fraction of sp³-hybridized carbons (Fsp3) is 0.343. The Bertz CT molecular complexity index is 1860. The molecule has 0 bridgehead atoms. The van der Waals surface area contributed by atoms with Gasteiger partial charge in [-0.25, -0.2) is 4.68 Å². The molecule has 1 N–H and O–H groups in total. The normalized spacial score (nSPS) is 13.7. The van der Waals surface area contributed by atoms with E-state index in [2.05, 4.69) is 23.5 Å². The summed E-state index contributed by atoms with van der Waals surface area (Å²) in [5.74, 6) is -1.68. The third kappa shape index (κ3) is 8.57. The van der Waals surface area contributed by atoms with Gasteiger partial charge in [0.1, 0.15) is 5.56 Å². The smallest absolute Gasteiger partial charge is 0.416 e. The fourth-order valence-electron chi connectivity index (χ4n) is 5.89. The quantitative estimate of drug-likeness (QED) is 0.209. The van der Waals surface area contributed by atoms with Crippen LogP contribution < -0.4 is 16.0 Å². The number of amides is 1. The van der Waals surface area contributed by atoms with Crippen LogP contribution in [0.2, 0.25) is 0 Å². The first-order valence-electron chi connectivity index (χ1n) is 15.5. The largest absolute Gasteiger partial charge is 0.550 e. The number of nitriles is 1. The number of carbonyl (C=O) groups is 2. The van der Waals surface area contributed by atoms with Crippen molar-refractivity contribution in [2.75, 3.05) is 33.2 Å². The summed E-state index contributed by atoms with van der Waals surface area (Å²) in [6.07, 6.45) is 1.06. The maximum absolute atomic E-state index is 13.8. The Balaban J connectivity index is 0.00000123. The Morgan fingerprint density at radius 2 is 1.71 bits per heavy atom. The molecule has 3 heterocycles. The molecular formula is C35H37F3N6O4. The molecular weight excluding hydrogens is 625 g/mol. The zero-order valence-corrected chi connectivity index (χ0v) is 27.0. The van der Waals surface area contributed by atoms with Crippen LogP contribution >= 0.6 is 0 Å². The number of aliphatic carboxylic acids is 1. The number of quaternary nitrogens is 1. The Kier molecular flexibility index (Phi) is 11.2. The molecule has 0 atom stereocenters. The average molecular weight is 663 g/mol. The number of halogens is 3. The average Bonchev–Trinajstić information content (AvgIpc) is 3.70. The highest BCUT2D eigenvalue weighted by Gasteiger charge is 2.31. The third-order valence-corrected chi connectivity index (χ3v) is 8.34. The van der Waals surface area contributed by atoms with Crippen LogP contribution in [0.25, 0.3) is 22.6 Å². The third-order valence-electron chi connectivity index (χ3n) is 8.34. The lowest BCUT2D eigenvalue weighted by molar-refractivity contribution is -0.897. The predicted octanol–water partition coefficient (Wildman–Crippen LogP) is 4.40. The number of rotatable bonds is 9. The Morgan fingerprint density at radius 1 is 1.04 bits per heavy atom. The first kappa shape index (κ1) is 35.6. The van der Waals surface area contributed by atoms with Gasteiger partial charge in [0.2, 0.25) is 0 Å². The number of alkyl halides is 3. The van der Waals surface area contributed by atoms with Gasteiger partial charge < -0.3 is 19.7 Å². The molecule has 0 radical (unpaired) electrons. The second-order valence-electron chi connectivity index (χ2n) is 12.0. The summed E-state index contributed by atoms with van der Waals surface area (Å²) in [5, 5.41) is 25.3. The van der Waals surface area contributed by atoms with E-state index in [1.165, 1.54) is 31.0 Å². The Morgan fingerprint density at radius 3 is 2.33 bits per heavy atom. The van der Waals surface area contributed by atoms with Crippen LogP contribution in [0, 0.1) is 18.3 Å². The van der Waals surface area contributed by atoms with Gasteiger partial charge in [-0.2, -0.15) is 23.5 Å². The van der Waals surface area contributed by atoms with Gasteiger partial charge in [0.15, 0.2) is 0 Å². The minimum atomic E-state index is -4.62. The van der Waals surface area contributed by atoms with Crippen molar-refractivity contribution in [3.63, 3.8) is 0 Å². The molecule has 1 aliphatic heterocycles. The molecule has 10 nitrogen and oxygen atoms in total. The Hall–Kier alpha value is -5.22. The molecule has 5 rings (SSSR count). The minimum Gasteiger partial charge on any atom is -0.550 e. The number of nitrogens with one attached hydrogen (secondary N) is 1. The molecule has 1 amide bonds. The van der Waals surface area contributed by atoms with E-state index >= 15 is 0 Å². The summed E-state index contributed by atoms with van der Waals surface area (Å²) < 4.78 is 44.7. The van der Waals surface area contributed by atoms with Crippen LogP contribution in [0.5, 0.6) is 0 Å². The van der Waals surface area contributed by atoms with Gasteiger partial charge in [-0.1, -0.05) is 6.07 Å². The summed E-state index contributed by atoms with van der Waals surface area (Å²) in [5.41, 5.74) is 0.568. The van der Waals surface area contributed by atoms with Gasteiger partial charge in [-0.05, 0) is 81.3 Å².